The first kappa shape index (κ1) is 23.1. The number of hydrogen-bond donors (Lipinski definition) is 0. The first-order chi connectivity index (χ1) is 16.8. The average molecular weight is 479 g/mol. The van der Waals surface area contributed by atoms with Gasteiger partial charge in [-0.3, -0.25) is 4.79 Å². The normalized spacial score (nSPS) is 15.0. The first-order valence-electron chi connectivity index (χ1n) is 11.7. The highest BCUT2D eigenvalue weighted by atomic mass is 19.4. The van der Waals surface area contributed by atoms with Gasteiger partial charge in [0.2, 0.25) is 0 Å². The predicted octanol–water partition coefficient (Wildman–Crippen LogP) is 5.82. The lowest BCUT2D eigenvalue weighted by molar-refractivity contribution is -0.137. The molecule has 0 bridgehead atoms. The summed E-state index contributed by atoms with van der Waals surface area (Å²) in [4.78, 5) is 19.6. The van der Waals surface area contributed by atoms with Gasteiger partial charge in [-0.15, -0.1) is 0 Å². The van der Waals surface area contributed by atoms with E-state index in [0.29, 0.717) is 47.0 Å². The summed E-state index contributed by atoms with van der Waals surface area (Å²) in [5, 5.41) is 4.34. The second-order valence-corrected chi connectivity index (χ2v) is 9.05. The molecule has 2 aromatic heterocycles. The van der Waals surface area contributed by atoms with E-state index in [4.69, 9.17) is 0 Å². The van der Waals surface area contributed by atoms with Gasteiger partial charge < -0.3 is 4.90 Å². The van der Waals surface area contributed by atoms with Crippen LogP contribution >= 0.6 is 0 Å². The van der Waals surface area contributed by atoms with Crippen LogP contribution in [0.15, 0.2) is 67.0 Å². The summed E-state index contributed by atoms with van der Waals surface area (Å²) >= 11 is 0. The number of alkyl halides is 3. The maximum absolute atomic E-state index is 13.3. The molecule has 0 N–H and O–H groups in total. The predicted molar refractivity (Wildman–Crippen MR) is 127 cm³/mol. The Hall–Kier alpha value is -3.68. The molecule has 0 spiro atoms. The van der Waals surface area contributed by atoms with Crippen LogP contribution in [0.3, 0.4) is 0 Å². The molecule has 1 saturated heterocycles. The fourth-order valence-corrected chi connectivity index (χ4v) is 4.78. The van der Waals surface area contributed by atoms with E-state index < -0.39 is 11.7 Å². The number of carbonyl (C=O) groups excluding carboxylic acids is 1. The highest BCUT2D eigenvalue weighted by Crippen LogP contribution is 2.33. The summed E-state index contributed by atoms with van der Waals surface area (Å²) in [7, 11) is 0. The summed E-state index contributed by atoms with van der Waals surface area (Å²) in [5.74, 6) is 0.454. The first-order valence-corrected chi connectivity index (χ1v) is 11.7. The Bertz CT molecular complexity index is 1360. The van der Waals surface area contributed by atoms with E-state index in [9.17, 15) is 18.0 Å². The Morgan fingerprint density at radius 2 is 1.77 bits per heavy atom. The Balaban J connectivity index is 1.34. The van der Waals surface area contributed by atoms with Crippen LogP contribution in [0.2, 0.25) is 0 Å². The topological polar surface area (TPSA) is 50.5 Å². The molecule has 4 aromatic rings. The minimum absolute atomic E-state index is 0.0915. The van der Waals surface area contributed by atoms with Crippen molar-refractivity contribution in [2.24, 2.45) is 5.92 Å². The van der Waals surface area contributed by atoms with E-state index in [1.807, 2.05) is 23.1 Å². The summed E-state index contributed by atoms with van der Waals surface area (Å²) in [5.41, 5.74) is 2.94. The van der Waals surface area contributed by atoms with Gasteiger partial charge in [0.05, 0.1) is 23.0 Å². The van der Waals surface area contributed by atoms with Crippen molar-refractivity contribution in [1.82, 2.24) is 19.5 Å². The second-order valence-electron chi connectivity index (χ2n) is 9.05. The number of likely N-dealkylation sites (tertiary alicyclic amines) is 1. The number of amides is 1. The quantitative estimate of drug-likeness (QED) is 0.372. The lowest BCUT2D eigenvalue weighted by atomic mass is 9.90. The standard InChI is InChI=1S/C27H25F3N4O/c1-18-23(26(35)33-12-10-20(11-13-33)14-19-6-3-2-4-7-19)16-31-25-24(17-32-34(18)25)21-8-5-9-22(15-21)27(28,29)30/h2-9,15-17,20H,10-14H2,1H3. The fourth-order valence-electron chi connectivity index (χ4n) is 4.78. The van der Waals surface area contributed by atoms with Gasteiger partial charge >= 0.3 is 6.18 Å². The highest BCUT2D eigenvalue weighted by Gasteiger charge is 2.31. The second kappa shape index (κ2) is 9.17. The number of benzene rings is 2. The molecule has 1 fully saturated rings. The molecule has 5 nitrogen and oxygen atoms in total. The number of hydrogen-bond acceptors (Lipinski definition) is 3. The van der Waals surface area contributed by atoms with Gasteiger partial charge in [-0.1, -0.05) is 42.5 Å². The Labute approximate surface area is 201 Å². The van der Waals surface area contributed by atoms with Crippen molar-refractivity contribution in [2.45, 2.75) is 32.4 Å². The molecule has 1 aliphatic heterocycles. The lowest BCUT2D eigenvalue weighted by Gasteiger charge is -2.32. The van der Waals surface area contributed by atoms with Gasteiger partial charge in [0.15, 0.2) is 5.65 Å². The molecule has 1 aliphatic rings. The van der Waals surface area contributed by atoms with Gasteiger partial charge in [0, 0.05) is 24.8 Å². The Morgan fingerprint density at radius 1 is 1.03 bits per heavy atom. The summed E-state index contributed by atoms with van der Waals surface area (Å²) in [6.07, 6.45) is 1.47. The van der Waals surface area contributed by atoms with Crippen LogP contribution in [-0.2, 0) is 12.6 Å². The third kappa shape index (κ3) is 4.65. The molecule has 0 aliphatic carbocycles. The minimum Gasteiger partial charge on any atom is -0.339 e. The van der Waals surface area contributed by atoms with E-state index in [2.05, 4.69) is 22.2 Å². The molecule has 1 amide bonds. The van der Waals surface area contributed by atoms with E-state index in [1.165, 1.54) is 28.5 Å². The van der Waals surface area contributed by atoms with Crippen LogP contribution in [0, 0.1) is 12.8 Å². The maximum atomic E-state index is 13.3. The van der Waals surface area contributed by atoms with E-state index in [-0.39, 0.29) is 5.91 Å². The molecule has 0 radical (unpaired) electrons. The Morgan fingerprint density at radius 3 is 2.49 bits per heavy atom. The van der Waals surface area contributed by atoms with Crippen molar-refractivity contribution >= 4 is 11.6 Å². The number of nitrogens with zero attached hydrogens (tertiary/aromatic N) is 4. The monoisotopic (exact) mass is 478 g/mol. The number of fused-ring (bicyclic) bond motifs is 1. The molecule has 180 valence electrons. The fraction of sp³-hybridized carbons (Fsp3) is 0.296. The largest absolute Gasteiger partial charge is 0.416 e. The van der Waals surface area contributed by atoms with Gasteiger partial charge in [-0.25, -0.2) is 9.50 Å². The molecular weight excluding hydrogens is 453 g/mol. The maximum Gasteiger partial charge on any atom is 0.416 e. The Kier molecular flexibility index (Phi) is 6.05. The number of piperidine rings is 1. The van der Waals surface area contributed by atoms with E-state index in [0.717, 1.165) is 31.4 Å². The molecule has 3 heterocycles. The zero-order valence-corrected chi connectivity index (χ0v) is 19.3. The molecule has 0 saturated carbocycles. The number of aromatic nitrogens is 3. The van der Waals surface area contributed by atoms with Crippen LogP contribution in [0.1, 0.15) is 40.0 Å². The van der Waals surface area contributed by atoms with Crippen LogP contribution in [-0.4, -0.2) is 38.5 Å². The summed E-state index contributed by atoms with van der Waals surface area (Å²) in [6, 6.07) is 15.5. The lowest BCUT2D eigenvalue weighted by Crippen LogP contribution is -2.39. The van der Waals surface area contributed by atoms with E-state index in [1.54, 1.807) is 13.0 Å². The third-order valence-corrected chi connectivity index (χ3v) is 6.77. The van der Waals surface area contributed by atoms with Crippen molar-refractivity contribution in [3.63, 3.8) is 0 Å². The molecule has 2 aromatic carbocycles. The van der Waals surface area contributed by atoms with E-state index >= 15 is 0 Å². The van der Waals surface area contributed by atoms with Gasteiger partial charge in [-0.2, -0.15) is 18.3 Å². The van der Waals surface area contributed by atoms with Crippen LogP contribution in [0.4, 0.5) is 13.2 Å². The molecule has 0 unspecified atom stereocenters. The van der Waals surface area contributed by atoms with Crippen molar-refractivity contribution < 1.29 is 18.0 Å². The number of carbonyl (C=O) groups is 1. The molecule has 0 atom stereocenters. The molecule has 5 rings (SSSR count). The molecule has 8 heteroatoms. The van der Waals surface area contributed by atoms with Gasteiger partial charge in [-0.05, 0) is 55.4 Å². The third-order valence-electron chi connectivity index (χ3n) is 6.77. The van der Waals surface area contributed by atoms with Gasteiger partial charge in [0.25, 0.3) is 5.91 Å². The van der Waals surface area contributed by atoms with Crippen molar-refractivity contribution in [3.05, 3.63) is 89.4 Å². The summed E-state index contributed by atoms with van der Waals surface area (Å²) < 4.78 is 41.0. The number of halogens is 3. The smallest absolute Gasteiger partial charge is 0.339 e. The summed E-state index contributed by atoms with van der Waals surface area (Å²) in [6.45, 7) is 3.15. The minimum atomic E-state index is -4.43. The van der Waals surface area contributed by atoms with Crippen molar-refractivity contribution in [1.29, 1.82) is 0 Å². The molecule has 35 heavy (non-hydrogen) atoms. The zero-order valence-electron chi connectivity index (χ0n) is 19.3. The van der Waals surface area contributed by atoms with Crippen molar-refractivity contribution in [2.75, 3.05) is 13.1 Å². The average Bonchev–Trinajstić information content (AvgIpc) is 3.30. The van der Waals surface area contributed by atoms with Gasteiger partial charge in [0.1, 0.15) is 0 Å². The number of aryl methyl sites for hydroxylation is 1. The number of rotatable bonds is 4. The SMILES string of the molecule is Cc1c(C(=O)N2CCC(Cc3ccccc3)CC2)cnc2c(-c3cccc(C(F)(F)F)c3)cnn12. The van der Waals surface area contributed by atoms with Crippen LogP contribution < -0.4 is 0 Å². The van der Waals surface area contributed by atoms with Crippen molar-refractivity contribution in [3.8, 4) is 11.1 Å². The zero-order chi connectivity index (χ0) is 24.6. The van der Waals surface area contributed by atoms with Crippen LogP contribution in [0.5, 0.6) is 0 Å². The highest BCUT2D eigenvalue weighted by molar-refractivity contribution is 5.95. The molecular formula is C27H25F3N4O. The van der Waals surface area contributed by atoms with Crippen LogP contribution in [0.25, 0.3) is 16.8 Å².